The van der Waals surface area contributed by atoms with Gasteiger partial charge in [0.05, 0.1) is 0 Å². The molecule has 0 amide bonds. The molecule has 52 heavy (non-hydrogen) atoms. The lowest BCUT2D eigenvalue weighted by atomic mass is 9.70. The minimum Gasteiger partial charge on any atom is -0.477 e. The van der Waals surface area contributed by atoms with Gasteiger partial charge in [0.1, 0.15) is 11.6 Å². The van der Waals surface area contributed by atoms with Crippen LogP contribution in [0.25, 0.3) is 59.7 Å². The van der Waals surface area contributed by atoms with E-state index in [9.17, 15) is 14.7 Å². The van der Waals surface area contributed by atoms with Crippen LogP contribution in [0.1, 0.15) is 84.3 Å². The fourth-order valence-electron chi connectivity index (χ4n) is 8.14. The molecule has 8 rings (SSSR count). The summed E-state index contributed by atoms with van der Waals surface area (Å²) in [5, 5.41) is 18.3. The summed E-state index contributed by atoms with van der Waals surface area (Å²) in [7, 11) is 0. The normalized spacial score (nSPS) is 13.7. The van der Waals surface area contributed by atoms with E-state index in [-0.39, 0.29) is 16.8 Å². The molecule has 0 saturated carbocycles. The number of carbonyl (C=O) groups is 2. The van der Waals surface area contributed by atoms with Gasteiger partial charge in [-0.15, -0.1) is 22.7 Å². The van der Waals surface area contributed by atoms with Crippen LogP contribution in [0.3, 0.4) is 0 Å². The predicted molar refractivity (Wildman–Crippen MR) is 214 cm³/mol. The van der Waals surface area contributed by atoms with Crippen molar-refractivity contribution < 1.29 is 14.7 Å². The minimum atomic E-state index is -1.23. The molecular weight excluding hydrogens is 679 g/mol. The number of carboxylic acids is 1. The van der Waals surface area contributed by atoms with Crippen LogP contribution >= 0.6 is 22.7 Å². The van der Waals surface area contributed by atoms with Crippen molar-refractivity contribution in [3.63, 3.8) is 0 Å². The largest absolute Gasteiger partial charge is 0.477 e. The highest BCUT2D eigenvalue weighted by Crippen LogP contribution is 2.55. The van der Waals surface area contributed by atoms with Gasteiger partial charge in [0.15, 0.2) is 5.78 Å². The molecule has 0 unspecified atom stereocenters. The van der Waals surface area contributed by atoms with E-state index in [1.54, 1.807) is 17.4 Å². The standard InChI is InChI=1S/C46H37NO3S2/c1-3-5-21-46(22-6-4-2)39-10-8-7-9-35(39)36-17-12-29(26-40(36)46)28-11-15-33-34-16-13-30(25-38(34)44(48)37(33)24-28)41-19-20-43(52-41)42-18-14-32(51-42)23-31(27-47)45(49)50/h7-20,23-26H,3-6,21-22H2,1-2H3,(H,49,50)/b31-23-. The van der Waals surface area contributed by atoms with Gasteiger partial charge in [-0.05, 0) is 111 Å². The number of nitriles is 1. The number of unbranched alkanes of at least 4 members (excludes halogenated alkanes) is 2. The molecule has 4 aromatic carbocycles. The van der Waals surface area contributed by atoms with E-state index in [1.165, 1.54) is 65.3 Å². The third kappa shape index (κ3) is 5.66. The number of aliphatic carboxylic acids is 1. The van der Waals surface area contributed by atoms with Crippen molar-refractivity contribution in [1.29, 1.82) is 5.26 Å². The summed E-state index contributed by atoms with van der Waals surface area (Å²) in [6, 6.07) is 38.1. The van der Waals surface area contributed by atoms with Crippen LogP contribution in [0.15, 0.2) is 109 Å². The van der Waals surface area contributed by atoms with Crippen LogP contribution in [-0.4, -0.2) is 16.9 Å². The Hall–Kier alpha value is -5.35. The number of ketones is 1. The zero-order valence-corrected chi connectivity index (χ0v) is 30.8. The number of thiophene rings is 2. The molecule has 2 aliphatic rings. The summed E-state index contributed by atoms with van der Waals surface area (Å²) in [5.41, 5.74) is 12.0. The molecule has 6 heteroatoms. The Labute approximate surface area is 312 Å². The molecule has 0 fully saturated rings. The molecule has 0 saturated heterocycles. The van der Waals surface area contributed by atoms with E-state index in [1.807, 2.05) is 24.3 Å². The number of carbonyl (C=O) groups excluding carboxylic acids is 1. The van der Waals surface area contributed by atoms with E-state index in [0.717, 1.165) is 66.4 Å². The highest BCUT2D eigenvalue weighted by atomic mass is 32.1. The summed E-state index contributed by atoms with van der Waals surface area (Å²) in [6.45, 7) is 4.57. The minimum absolute atomic E-state index is 0.0128. The monoisotopic (exact) mass is 715 g/mol. The maximum atomic E-state index is 14.1. The van der Waals surface area contributed by atoms with Gasteiger partial charge in [-0.25, -0.2) is 4.79 Å². The number of hydrogen-bond donors (Lipinski definition) is 1. The van der Waals surface area contributed by atoms with Gasteiger partial charge in [0.2, 0.25) is 0 Å². The van der Waals surface area contributed by atoms with Gasteiger partial charge < -0.3 is 5.11 Å². The molecule has 0 atom stereocenters. The maximum absolute atomic E-state index is 14.1. The summed E-state index contributed by atoms with van der Waals surface area (Å²) in [4.78, 5) is 29.1. The Morgan fingerprint density at radius 3 is 1.94 bits per heavy atom. The van der Waals surface area contributed by atoms with Crippen LogP contribution in [0.5, 0.6) is 0 Å². The molecule has 2 heterocycles. The first-order valence-corrected chi connectivity index (χ1v) is 19.6. The summed E-state index contributed by atoms with van der Waals surface area (Å²) in [6.07, 6.45) is 8.40. The maximum Gasteiger partial charge on any atom is 0.346 e. The zero-order valence-electron chi connectivity index (χ0n) is 29.2. The number of hydrogen-bond acceptors (Lipinski definition) is 5. The van der Waals surface area contributed by atoms with Crippen LogP contribution in [0.2, 0.25) is 0 Å². The number of nitrogens with zero attached hydrogens (tertiary/aromatic N) is 1. The van der Waals surface area contributed by atoms with Gasteiger partial charge >= 0.3 is 5.97 Å². The highest BCUT2D eigenvalue weighted by Gasteiger charge is 2.42. The Morgan fingerprint density at radius 2 is 1.25 bits per heavy atom. The molecule has 0 spiro atoms. The molecule has 1 N–H and O–H groups in total. The van der Waals surface area contributed by atoms with Crippen LogP contribution < -0.4 is 0 Å². The quantitative estimate of drug-likeness (QED) is 0.107. The molecular formula is C46H37NO3S2. The van der Waals surface area contributed by atoms with Crippen molar-refractivity contribution in [2.75, 3.05) is 0 Å². The van der Waals surface area contributed by atoms with E-state index in [2.05, 4.69) is 92.7 Å². The molecule has 0 radical (unpaired) electrons. The first kappa shape index (κ1) is 33.8. The summed E-state index contributed by atoms with van der Waals surface area (Å²) in [5.74, 6) is -1.18. The van der Waals surface area contributed by atoms with Crippen molar-refractivity contribution in [2.45, 2.75) is 57.8 Å². The van der Waals surface area contributed by atoms with Gasteiger partial charge in [0.25, 0.3) is 0 Å². The van der Waals surface area contributed by atoms with Gasteiger partial charge in [0, 0.05) is 36.1 Å². The fourth-order valence-corrected chi connectivity index (χ4v) is 10.2. The number of rotatable bonds is 11. The van der Waals surface area contributed by atoms with Crippen LogP contribution in [0, 0.1) is 11.3 Å². The first-order valence-electron chi connectivity index (χ1n) is 18.0. The van der Waals surface area contributed by atoms with E-state index < -0.39 is 5.97 Å². The third-order valence-corrected chi connectivity index (χ3v) is 13.1. The Kier molecular flexibility index (Phi) is 8.87. The molecule has 2 aliphatic carbocycles. The molecule has 6 aromatic rings. The summed E-state index contributed by atoms with van der Waals surface area (Å²) >= 11 is 3.07. The van der Waals surface area contributed by atoms with E-state index >= 15 is 0 Å². The van der Waals surface area contributed by atoms with Gasteiger partial charge in [-0.1, -0.05) is 100 Å². The van der Waals surface area contributed by atoms with Crippen LogP contribution in [-0.2, 0) is 10.2 Å². The van der Waals surface area contributed by atoms with Crippen molar-refractivity contribution in [1.82, 2.24) is 0 Å². The second kappa shape index (κ2) is 13.7. The predicted octanol–water partition coefficient (Wildman–Crippen LogP) is 12.7. The van der Waals surface area contributed by atoms with Gasteiger partial charge in [-0.3, -0.25) is 4.79 Å². The lowest BCUT2D eigenvalue weighted by Gasteiger charge is -2.33. The lowest BCUT2D eigenvalue weighted by molar-refractivity contribution is -0.132. The molecule has 0 aliphatic heterocycles. The highest BCUT2D eigenvalue weighted by molar-refractivity contribution is 7.24. The van der Waals surface area contributed by atoms with Crippen molar-refractivity contribution >= 4 is 40.5 Å². The lowest BCUT2D eigenvalue weighted by Crippen LogP contribution is -2.25. The smallest absolute Gasteiger partial charge is 0.346 e. The second-order valence-electron chi connectivity index (χ2n) is 13.8. The van der Waals surface area contributed by atoms with Crippen molar-refractivity contribution in [3.05, 3.63) is 136 Å². The van der Waals surface area contributed by atoms with Crippen molar-refractivity contribution in [2.24, 2.45) is 0 Å². The third-order valence-electron chi connectivity index (χ3n) is 10.7. The van der Waals surface area contributed by atoms with Crippen LogP contribution in [0.4, 0.5) is 0 Å². The Morgan fingerprint density at radius 1 is 0.673 bits per heavy atom. The first-order chi connectivity index (χ1) is 25.3. The molecule has 2 aromatic heterocycles. The molecule has 0 bridgehead atoms. The SMILES string of the molecule is CCCCC1(CCCC)c2ccccc2-c2ccc(-c3ccc4c(c3)C(=O)c3cc(-c5ccc(-c6ccc(/C=C(/C#N)C(=O)O)s6)s5)ccc3-4)cc21. The molecule has 4 nitrogen and oxygen atoms in total. The van der Waals surface area contributed by atoms with E-state index in [0.29, 0.717) is 4.88 Å². The Bertz CT molecular complexity index is 2460. The average Bonchev–Trinajstić information content (AvgIpc) is 3.96. The van der Waals surface area contributed by atoms with Gasteiger partial charge in [-0.2, -0.15) is 5.26 Å². The number of carboxylic acid groups (broad SMARTS) is 1. The van der Waals surface area contributed by atoms with E-state index in [4.69, 9.17) is 5.26 Å². The zero-order chi connectivity index (χ0) is 36.0. The Balaban J connectivity index is 1.09. The molecule has 256 valence electrons. The fraction of sp³-hybridized carbons (Fsp3) is 0.196. The summed E-state index contributed by atoms with van der Waals surface area (Å²) < 4.78 is 0. The second-order valence-corrected chi connectivity index (χ2v) is 16.0. The van der Waals surface area contributed by atoms with Crippen molar-refractivity contribution in [3.8, 4) is 59.6 Å². The number of fused-ring (bicyclic) bond motifs is 6. The topological polar surface area (TPSA) is 78.2 Å². The average molecular weight is 716 g/mol. The number of benzene rings is 4.